The Morgan fingerprint density at radius 1 is 1.47 bits per heavy atom. The van der Waals surface area contributed by atoms with Gasteiger partial charge in [0.1, 0.15) is 10.0 Å². The molecular formula is C11H19ClN4S. The summed E-state index contributed by atoms with van der Waals surface area (Å²) in [6, 6.07) is 0. The van der Waals surface area contributed by atoms with E-state index in [1.54, 1.807) is 0 Å². The maximum Gasteiger partial charge on any atom is 0.138 e. The summed E-state index contributed by atoms with van der Waals surface area (Å²) in [5.74, 6) is 0.878. The van der Waals surface area contributed by atoms with Crippen LogP contribution in [0.2, 0.25) is 4.34 Å². The highest BCUT2D eigenvalue weighted by Gasteiger charge is 2.20. The maximum atomic E-state index is 6.01. The number of piperidine rings is 1. The molecule has 0 spiro atoms. The van der Waals surface area contributed by atoms with Gasteiger partial charge in [-0.1, -0.05) is 16.1 Å². The first-order chi connectivity index (χ1) is 8.29. The van der Waals surface area contributed by atoms with Crippen molar-refractivity contribution in [3.63, 3.8) is 0 Å². The van der Waals surface area contributed by atoms with Crippen molar-refractivity contribution < 1.29 is 0 Å². The molecule has 96 valence electrons. The van der Waals surface area contributed by atoms with Crippen molar-refractivity contribution in [2.24, 2.45) is 5.92 Å². The Hall–Kier alpha value is -0.230. The summed E-state index contributed by atoms with van der Waals surface area (Å²) in [4.78, 5) is 2.43. The van der Waals surface area contributed by atoms with Crippen molar-refractivity contribution in [1.29, 1.82) is 0 Å². The average molecular weight is 275 g/mol. The molecule has 0 unspecified atom stereocenters. The van der Waals surface area contributed by atoms with Crippen LogP contribution in [0, 0.1) is 5.92 Å². The van der Waals surface area contributed by atoms with E-state index in [0.29, 0.717) is 0 Å². The number of nitrogens with zero attached hydrogens (tertiary/aromatic N) is 3. The number of hydrogen-bond acceptors (Lipinski definition) is 5. The van der Waals surface area contributed by atoms with Crippen molar-refractivity contribution in [1.82, 2.24) is 19.8 Å². The smallest absolute Gasteiger partial charge is 0.138 e. The van der Waals surface area contributed by atoms with Gasteiger partial charge in [-0.15, -0.1) is 5.10 Å². The fraction of sp³-hybridized carbons (Fsp3) is 0.818. The van der Waals surface area contributed by atoms with E-state index in [9.17, 15) is 0 Å². The van der Waals surface area contributed by atoms with Crippen molar-refractivity contribution in [3.8, 4) is 0 Å². The van der Waals surface area contributed by atoms with Crippen LogP contribution in [0.3, 0.4) is 0 Å². The summed E-state index contributed by atoms with van der Waals surface area (Å²) >= 11 is 7.29. The molecule has 1 saturated heterocycles. The summed E-state index contributed by atoms with van der Waals surface area (Å²) in [5.41, 5.74) is 0.936. The number of likely N-dealkylation sites (tertiary alicyclic amines) is 1. The predicted octanol–water partition coefficient (Wildman–Crippen LogP) is 2.01. The minimum atomic E-state index is 0.738. The lowest BCUT2D eigenvalue weighted by Gasteiger charge is -2.31. The van der Waals surface area contributed by atoms with Crippen LogP contribution >= 0.6 is 23.1 Å². The number of nitrogens with one attached hydrogen (secondary N) is 1. The second-order valence-corrected chi connectivity index (χ2v) is 5.96. The van der Waals surface area contributed by atoms with E-state index >= 15 is 0 Å². The highest BCUT2D eigenvalue weighted by atomic mass is 35.5. The van der Waals surface area contributed by atoms with Crippen LogP contribution < -0.4 is 5.32 Å². The molecule has 0 saturated carbocycles. The van der Waals surface area contributed by atoms with Gasteiger partial charge >= 0.3 is 0 Å². The van der Waals surface area contributed by atoms with Gasteiger partial charge in [0.05, 0.1) is 0 Å². The fourth-order valence-corrected chi connectivity index (χ4v) is 2.90. The Morgan fingerprint density at radius 2 is 2.24 bits per heavy atom. The molecule has 1 aliphatic rings. The molecule has 0 aliphatic carbocycles. The van der Waals surface area contributed by atoms with Gasteiger partial charge in [-0.3, -0.25) is 4.90 Å². The molecule has 0 amide bonds. The summed E-state index contributed by atoms with van der Waals surface area (Å²) in [6.45, 7) is 4.30. The van der Waals surface area contributed by atoms with Gasteiger partial charge in [-0.05, 0) is 51.9 Å². The monoisotopic (exact) mass is 274 g/mol. The minimum Gasteiger partial charge on any atom is -0.320 e. The maximum absolute atomic E-state index is 6.01. The molecule has 2 heterocycles. The molecule has 1 aromatic heterocycles. The topological polar surface area (TPSA) is 41.0 Å². The molecule has 1 aromatic rings. The molecule has 0 atom stereocenters. The fourth-order valence-electron chi connectivity index (χ4n) is 2.28. The average Bonchev–Trinajstić information content (AvgIpc) is 2.74. The molecule has 2 rings (SSSR count). The second-order valence-electron chi connectivity index (χ2n) is 4.61. The van der Waals surface area contributed by atoms with E-state index < -0.39 is 0 Å². The molecule has 4 nitrogen and oxygen atoms in total. The van der Waals surface area contributed by atoms with Crippen LogP contribution in [0.1, 0.15) is 25.0 Å². The highest BCUT2D eigenvalue weighted by Crippen LogP contribution is 2.24. The normalized spacial score (nSPS) is 18.7. The van der Waals surface area contributed by atoms with Crippen molar-refractivity contribution in [2.75, 3.05) is 26.7 Å². The van der Waals surface area contributed by atoms with E-state index in [-0.39, 0.29) is 0 Å². The Balaban J connectivity index is 1.74. The van der Waals surface area contributed by atoms with Crippen LogP contribution in [-0.4, -0.2) is 41.2 Å². The Labute approximate surface area is 112 Å². The van der Waals surface area contributed by atoms with Gasteiger partial charge in [-0.25, -0.2) is 0 Å². The Morgan fingerprint density at radius 3 is 2.82 bits per heavy atom. The minimum absolute atomic E-state index is 0.738. The first kappa shape index (κ1) is 13.2. The van der Waals surface area contributed by atoms with Gasteiger partial charge in [0.2, 0.25) is 0 Å². The first-order valence-electron chi connectivity index (χ1n) is 6.13. The third-order valence-corrected chi connectivity index (χ3v) is 4.38. The van der Waals surface area contributed by atoms with Crippen LogP contribution in [0.4, 0.5) is 0 Å². The van der Waals surface area contributed by atoms with Gasteiger partial charge in [0, 0.05) is 18.1 Å². The molecule has 0 bridgehead atoms. The molecule has 1 aliphatic heterocycles. The summed E-state index contributed by atoms with van der Waals surface area (Å²) < 4.78 is 4.61. The number of rotatable bonds is 5. The molecule has 17 heavy (non-hydrogen) atoms. The lowest BCUT2D eigenvalue weighted by Crippen LogP contribution is -2.34. The Kier molecular flexibility index (Phi) is 5.16. The molecular weight excluding hydrogens is 256 g/mol. The van der Waals surface area contributed by atoms with Crippen molar-refractivity contribution >= 4 is 23.1 Å². The van der Waals surface area contributed by atoms with E-state index in [1.165, 1.54) is 30.8 Å². The van der Waals surface area contributed by atoms with E-state index in [2.05, 4.69) is 19.8 Å². The van der Waals surface area contributed by atoms with Gasteiger partial charge in [-0.2, -0.15) is 0 Å². The van der Waals surface area contributed by atoms with Crippen LogP contribution in [0.5, 0.6) is 0 Å². The third kappa shape index (κ3) is 3.88. The quantitative estimate of drug-likeness (QED) is 0.892. The predicted molar refractivity (Wildman–Crippen MR) is 71.5 cm³/mol. The van der Waals surface area contributed by atoms with E-state index in [4.69, 9.17) is 11.6 Å². The van der Waals surface area contributed by atoms with Crippen LogP contribution in [-0.2, 0) is 6.54 Å². The first-order valence-corrected chi connectivity index (χ1v) is 7.28. The molecule has 6 heteroatoms. The number of aromatic nitrogens is 2. The van der Waals surface area contributed by atoms with E-state index in [0.717, 1.165) is 42.1 Å². The lowest BCUT2D eigenvalue weighted by molar-refractivity contribution is 0.171. The Bertz CT molecular complexity index is 336. The largest absolute Gasteiger partial charge is 0.320 e. The molecule has 0 aromatic carbocycles. The zero-order chi connectivity index (χ0) is 12.1. The zero-order valence-electron chi connectivity index (χ0n) is 10.2. The second kappa shape index (κ2) is 6.64. The van der Waals surface area contributed by atoms with E-state index in [1.807, 2.05) is 7.05 Å². The van der Waals surface area contributed by atoms with Crippen molar-refractivity contribution in [2.45, 2.75) is 25.8 Å². The van der Waals surface area contributed by atoms with Crippen molar-refractivity contribution in [3.05, 3.63) is 10.0 Å². The van der Waals surface area contributed by atoms with Gasteiger partial charge < -0.3 is 5.32 Å². The number of hydrogen-bond donors (Lipinski definition) is 1. The van der Waals surface area contributed by atoms with Gasteiger partial charge in [0.15, 0.2) is 0 Å². The summed E-state index contributed by atoms with van der Waals surface area (Å²) in [5, 5.41) is 7.29. The summed E-state index contributed by atoms with van der Waals surface area (Å²) in [6.07, 6.45) is 3.87. The third-order valence-electron chi connectivity index (χ3n) is 3.39. The SMILES string of the molecule is CNCCC1CCN(Cc2nnsc2Cl)CC1. The molecule has 1 fully saturated rings. The molecule has 0 radical (unpaired) electrons. The van der Waals surface area contributed by atoms with Crippen LogP contribution in [0.15, 0.2) is 0 Å². The van der Waals surface area contributed by atoms with Gasteiger partial charge in [0.25, 0.3) is 0 Å². The van der Waals surface area contributed by atoms with Crippen LogP contribution in [0.25, 0.3) is 0 Å². The zero-order valence-corrected chi connectivity index (χ0v) is 11.7. The standard InChI is InChI=1S/C11H19ClN4S/c1-13-5-2-9-3-6-16(7-4-9)8-10-11(12)17-15-14-10/h9,13H,2-8H2,1H3. The summed E-state index contributed by atoms with van der Waals surface area (Å²) in [7, 11) is 2.02. The molecule has 1 N–H and O–H groups in total. The lowest BCUT2D eigenvalue weighted by atomic mass is 9.93. The highest BCUT2D eigenvalue weighted by molar-refractivity contribution is 7.10. The number of halogens is 1.